The molecule has 2 heterocycles. The zero-order chi connectivity index (χ0) is 17.2. The molecule has 132 valence electrons. The smallest absolute Gasteiger partial charge is 0.366 e. The van der Waals surface area contributed by atoms with E-state index in [2.05, 4.69) is 4.90 Å². The second-order valence-corrected chi connectivity index (χ2v) is 6.32. The highest BCUT2D eigenvalue weighted by Crippen LogP contribution is 2.29. The predicted octanol–water partition coefficient (Wildman–Crippen LogP) is 2.53. The number of amides is 1. The number of nitrogens with zero attached hydrogens (tertiary/aromatic N) is 2. The lowest BCUT2D eigenvalue weighted by Crippen LogP contribution is -2.50. The van der Waals surface area contributed by atoms with E-state index in [0.717, 1.165) is 43.6 Å². The highest BCUT2D eigenvalue weighted by molar-refractivity contribution is 5.81. The fourth-order valence-corrected chi connectivity index (χ4v) is 3.19. The average Bonchev–Trinajstić information content (AvgIpc) is 3.08. The summed E-state index contributed by atoms with van der Waals surface area (Å²) >= 11 is 0. The van der Waals surface area contributed by atoms with Crippen LogP contribution in [0.3, 0.4) is 0 Å². The largest absolute Gasteiger partial charge is 0.416 e. The van der Waals surface area contributed by atoms with Crippen molar-refractivity contribution in [2.75, 3.05) is 32.8 Å². The number of likely N-dealkylation sites (tertiary alicyclic amines) is 1. The number of morpholine rings is 1. The van der Waals surface area contributed by atoms with Crippen molar-refractivity contribution in [2.45, 2.75) is 31.7 Å². The third-order valence-electron chi connectivity index (χ3n) is 4.53. The number of carbonyl (C=O) groups is 1. The molecule has 0 saturated carbocycles. The first-order chi connectivity index (χ1) is 11.4. The molecule has 0 bridgehead atoms. The lowest BCUT2D eigenvalue weighted by molar-refractivity contribution is -0.148. The van der Waals surface area contributed by atoms with Gasteiger partial charge in [0.05, 0.1) is 12.2 Å². The van der Waals surface area contributed by atoms with Crippen molar-refractivity contribution in [2.24, 2.45) is 0 Å². The van der Waals surface area contributed by atoms with Crippen LogP contribution >= 0.6 is 0 Å². The molecule has 7 heteroatoms. The third-order valence-corrected chi connectivity index (χ3v) is 4.53. The lowest BCUT2D eigenvalue weighted by Gasteiger charge is -2.34. The molecule has 24 heavy (non-hydrogen) atoms. The van der Waals surface area contributed by atoms with Crippen LogP contribution in [0.15, 0.2) is 24.3 Å². The first kappa shape index (κ1) is 17.2. The Balaban J connectivity index is 1.58. The standard InChI is InChI=1S/C17H21F3N2O2/c18-17(19,20)14-5-3-13(4-6-14)11-21-9-10-24-15(12-21)16(23)22-7-1-2-8-22/h3-6,15H,1-2,7-12H2. The molecule has 0 aromatic heterocycles. The number of hydrogen-bond donors (Lipinski definition) is 0. The molecule has 1 amide bonds. The van der Waals surface area contributed by atoms with E-state index in [1.54, 1.807) is 0 Å². The van der Waals surface area contributed by atoms with Gasteiger partial charge in [-0.2, -0.15) is 13.2 Å². The minimum atomic E-state index is -4.31. The Labute approximate surface area is 139 Å². The number of hydrogen-bond acceptors (Lipinski definition) is 3. The van der Waals surface area contributed by atoms with Crippen LogP contribution in [-0.2, 0) is 22.3 Å². The quantitative estimate of drug-likeness (QED) is 0.846. The van der Waals surface area contributed by atoms with Gasteiger partial charge in [0, 0.05) is 32.7 Å². The van der Waals surface area contributed by atoms with Gasteiger partial charge in [-0.05, 0) is 30.5 Å². The molecular formula is C17H21F3N2O2. The number of alkyl halides is 3. The molecule has 3 rings (SSSR count). The maximum atomic E-state index is 12.6. The van der Waals surface area contributed by atoms with Gasteiger partial charge in [0.25, 0.3) is 5.91 Å². The SMILES string of the molecule is O=C(C1CN(Cc2ccc(C(F)(F)F)cc2)CCO1)N1CCCC1. The summed E-state index contributed by atoms with van der Waals surface area (Å²) in [6.07, 6.45) is -2.71. The minimum Gasteiger partial charge on any atom is -0.366 e. The van der Waals surface area contributed by atoms with E-state index < -0.39 is 17.8 Å². The summed E-state index contributed by atoms with van der Waals surface area (Å²) in [6.45, 7) is 3.71. The summed E-state index contributed by atoms with van der Waals surface area (Å²) in [5.41, 5.74) is 0.160. The molecule has 2 fully saturated rings. The van der Waals surface area contributed by atoms with Gasteiger partial charge in [-0.1, -0.05) is 12.1 Å². The van der Waals surface area contributed by atoms with Gasteiger partial charge in [0.15, 0.2) is 0 Å². The van der Waals surface area contributed by atoms with E-state index in [-0.39, 0.29) is 5.91 Å². The van der Waals surface area contributed by atoms with Crippen LogP contribution in [0, 0.1) is 0 Å². The maximum Gasteiger partial charge on any atom is 0.416 e. The van der Waals surface area contributed by atoms with Crippen LogP contribution < -0.4 is 0 Å². The van der Waals surface area contributed by atoms with Crippen LogP contribution in [-0.4, -0.2) is 54.6 Å². The molecule has 1 atom stereocenters. The van der Waals surface area contributed by atoms with E-state index in [0.29, 0.717) is 26.2 Å². The van der Waals surface area contributed by atoms with Gasteiger partial charge in [0.1, 0.15) is 6.10 Å². The molecule has 4 nitrogen and oxygen atoms in total. The van der Waals surface area contributed by atoms with Gasteiger partial charge >= 0.3 is 6.18 Å². The Morgan fingerprint density at radius 1 is 1.12 bits per heavy atom. The average molecular weight is 342 g/mol. The Bertz CT molecular complexity index is 568. The summed E-state index contributed by atoms with van der Waals surface area (Å²) in [7, 11) is 0. The maximum absolute atomic E-state index is 12.6. The Morgan fingerprint density at radius 2 is 1.79 bits per heavy atom. The zero-order valence-corrected chi connectivity index (χ0v) is 13.4. The van der Waals surface area contributed by atoms with Gasteiger partial charge in [0.2, 0.25) is 0 Å². The van der Waals surface area contributed by atoms with Gasteiger partial charge in [-0.25, -0.2) is 0 Å². The molecule has 0 radical (unpaired) electrons. The lowest BCUT2D eigenvalue weighted by atomic mass is 10.1. The monoisotopic (exact) mass is 342 g/mol. The van der Waals surface area contributed by atoms with Crippen LogP contribution in [0.2, 0.25) is 0 Å². The fourth-order valence-electron chi connectivity index (χ4n) is 3.19. The highest BCUT2D eigenvalue weighted by Gasteiger charge is 2.32. The van der Waals surface area contributed by atoms with Crippen molar-refractivity contribution in [1.29, 1.82) is 0 Å². The second-order valence-electron chi connectivity index (χ2n) is 6.32. The summed E-state index contributed by atoms with van der Waals surface area (Å²) in [4.78, 5) is 16.3. The molecule has 1 aromatic carbocycles. The van der Waals surface area contributed by atoms with Crippen molar-refractivity contribution in [3.8, 4) is 0 Å². The number of halogens is 3. The molecule has 1 aromatic rings. The molecule has 2 aliphatic heterocycles. The number of carbonyl (C=O) groups excluding carboxylic acids is 1. The highest BCUT2D eigenvalue weighted by atomic mass is 19.4. The van der Waals surface area contributed by atoms with Crippen molar-refractivity contribution in [1.82, 2.24) is 9.80 Å². The van der Waals surface area contributed by atoms with E-state index in [1.807, 2.05) is 4.90 Å². The summed E-state index contributed by atoms with van der Waals surface area (Å²) in [5.74, 6) is 0.0321. The molecule has 0 spiro atoms. The van der Waals surface area contributed by atoms with Gasteiger partial charge in [-0.3, -0.25) is 9.69 Å². The zero-order valence-electron chi connectivity index (χ0n) is 13.4. The molecule has 2 aliphatic rings. The molecule has 2 saturated heterocycles. The number of rotatable bonds is 3. The van der Waals surface area contributed by atoms with Gasteiger partial charge < -0.3 is 9.64 Å². The molecule has 0 N–H and O–H groups in total. The van der Waals surface area contributed by atoms with E-state index in [9.17, 15) is 18.0 Å². The molecule has 0 aliphatic carbocycles. The Kier molecular flexibility index (Phi) is 5.10. The van der Waals surface area contributed by atoms with Crippen LogP contribution in [0.4, 0.5) is 13.2 Å². The van der Waals surface area contributed by atoms with Gasteiger partial charge in [-0.15, -0.1) is 0 Å². The van der Waals surface area contributed by atoms with Crippen molar-refractivity contribution in [3.63, 3.8) is 0 Å². The number of ether oxygens (including phenoxy) is 1. The van der Waals surface area contributed by atoms with Crippen LogP contribution in [0.5, 0.6) is 0 Å². The normalized spacial score (nSPS) is 22.8. The van der Waals surface area contributed by atoms with E-state index in [1.165, 1.54) is 12.1 Å². The summed E-state index contributed by atoms with van der Waals surface area (Å²) in [6, 6.07) is 5.19. The van der Waals surface area contributed by atoms with Crippen molar-refractivity contribution < 1.29 is 22.7 Å². The summed E-state index contributed by atoms with van der Waals surface area (Å²) < 4.78 is 43.4. The minimum absolute atomic E-state index is 0.0321. The second kappa shape index (κ2) is 7.11. The number of benzene rings is 1. The summed E-state index contributed by atoms with van der Waals surface area (Å²) in [5, 5.41) is 0. The van der Waals surface area contributed by atoms with Crippen LogP contribution in [0.25, 0.3) is 0 Å². The third kappa shape index (κ3) is 4.08. The van der Waals surface area contributed by atoms with Crippen molar-refractivity contribution >= 4 is 5.91 Å². The predicted molar refractivity (Wildman–Crippen MR) is 82.3 cm³/mol. The van der Waals surface area contributed by atoms with E-state index in [4.69, 9.17) is 4.74 Å². The topological polar surface area (TPSA) is 32.8 Å². The first-order valence-corrected chi connectivity index (χ1v) is 8.22. The van der Waals surface area contributed by atoms with E-state index >= 15 is 0 Å². The van der Waals surface area contributed by atoms with Crippen LogP contribution in [0.1, 0.15) is 24.0 Å². The molecule has 1 unspecified atom stereocenters. The fraction of sp³-hybridized carbons (Fsp3) is 0.588. The molecular weight excluding hydrogens is 321 g/mol. The first-order valence-electron chi connectivity index (χ1n) is 8.22. The Morgan fingerprint density at radius 3 is 2.42 bits per heavy atom. The Hall–Kier alpha value is -1.60. The van der Waals surface area contributed by atoms with Crippen molar-refractivity contribution in [3.05, 3.63) is 35.4 Å².